The zero-order chi connectivity index (χ0) is 27.4. The molecule has 2 N–H and O–H groups in total. The van der Waals surface area contributed by atoms with Crippen molar-refractivity contribution in [2.45, 2.75) is 69.2 Å². The van der Waals surface area contributed by atoms with Crippen molar-refractivity contribution >= 4 is 29.7 Å². The van der Waals surface area contributed by atoms with Crippen LogP contribution in [-0.4, -0.2) is 119 Å². The van der Waals surface area contributed by atoms with Crippen LogP contribution in [0.15, 0.2) is 0 Å². The minimum Gasteiger partial charge on any atom is -0.469 e. The van der Waals surface area contributed by atoms with Gasteiger partial charge in [0.1, 0.15) is 0 Å². The molecule has 2 heterocycles. The van der Waals surface area contributed by atoms with Crippen LogP contribution in [0.3, 0.4) is 0 Å². The normalized spacial score (nSPS) is 20.4. The van der Waals surface area contributed by atoms with Gasteiger partial charge < -0.3 is 39.2 Å². The number of hydrogen-bond donors (Lipinski definition) is 2. The Labute approximate surface area is 231 Å². The van der Waals surface area contributed by atoms with E-state index in [9.17, 15) is 14.4 Å². The van der Waals surface area contributed by atoms with E-state index < -0.39 is 0 Å². The zero-order valence-electron chi connectivity index (χ0n) is 23.1. The summed E-state index contributed by atoms with van der Waals surface area (Å²) in [6.45, 7) is 6.96. The maximum Gasteiger partial charge on any atom is 0.318 e. The standard InChI is InChI=1S/C26H47N3O8S/c1-3-4-11-29-25-21(28-26(29)32)20-38-22(25)7-5-6-8-23(30)27-10-13-35-15-17-37-19-18-36-16-14-34-12-9-24(31)33-2/h21-22,25H,3-20H2,1-2H3,(H,27,30)(H,28,32)/t21-,22-,25-/m0/s1. The third-order valence-electron chi connectivity index (χ3n) is 6.47. The van der Waals surface area contributed by atoms with E-state index in [0.717, 1.165) is 44.4 Å². The second kappa shape index (κ2) is 20.3. The number of esters is 1. The van der Waals surface area contributed by atoms with Crippen molar-refractivity contribution < 1.29 is 38.1 Å². The highest BCUT2D eigenvalue weighted by molar-refractivity contribution is 8.00. The lowest BCUT2D eigenvalue weighted by molar-refractivity contribution is -0.142. The molecular weight excluding hydrogens is 514 g/mol. The van der Waals surface area contributed by atoms with Crippen molar-refractivity contribution in [1.82, 2.24) is 15.5 Å². The van der Waals surface area contributed by atoms with Crippen molar-refractivity contribution in [2.75, 3.05) is 78.8 Å². The van der Waals surface area contributed by atoms with E-state index in [1.54, 1.807) is 0 Å². The molecule has 2 aliphatic heterocycles. The minimum atomic E-state index is -0.289. The van der Waals surface area contributed by atoms with E-state index in [4.69, 9.17) is 18.9 Å². The molecule has 3 amide bonds. The van der Waals surface area contributed by atoms with E-state index in [0.29, 0.717) is 77.1 Å². The molecule has 2 aliphatic rings. The molecule has 220 valence electrons. The van der Waals surface area contributed by atoms with Crippen LogP contribution in [-0.2, 0) is 33.3 Å². The van der Waals surface area contributed by atoms with Gasteiger partial charge in [-0.1, -0.05) is 19.8 Å². The summed E-state index contributed by atoms with van der Waals surface area (Å²) in [4.78, 5) is 37.3. The van der Waals surface area contributed by atoms with Gasteiger partial charge in [-0.3, -0.25) is 9.59 Å². The molecule has 38 heavy (non-hydrogen) atoms. The van der Waals surface area contributed by atoms with E-state index >= 15 is 0 Å². The van der Waals surface area contributed by atoms with Crippen molar-refractivity contribution in [3.8, 4) is 0 Å². The Hall–Kier alpha value is -1.60. The Morgan fingerprint density at radius 1 is 0.947 bits per heavy atom. The predicted molar refractivity (Wildman–Crippen MR) is 145 cm³/mol. The largest absolute Gasteiger partial charge is 0.469 e. The summed E-state index contributed by atoms with van der Waals surface area (Å²) >= 11 is 1.96. The highest BCUT2D eigenvalue weighted by Gasteiger charge is 2.47. The second-order valence-corrected chi connectivity index (χ2v) is 10.6. The summed E-state index contributed by atoms with van der Waals surface area (Å²) in [5.74, 6) is 0.748. The molecule has 11 nitrogen and oxygen atoms in total. The molecule has 3 atom stereocenters. The van der Waals surface area contributed by atoms with E-state index in [1.807, 2.05) is 16.7 Å². The molecule has 0 bridgehead atoms. The van der Waals surface area contributed by atoms with Gasteiger partial charge in [-0.25, -0.2) is 4.79 Å². The number of methoxy groups -OCH3 is 1. The summed E-state index contributed by atoms with van der Waals surface area (Å²) in [5.41, 5.74) is 0. The Kier molecular flexibility index (Phi) is 17.4. The highest BCUT2D eigenvalue weighted by Crippen LogP contribution is 2.37. The number of carbonyl (C=O) groups is 3. The fraction of sp³-hybridized carbons (Fsp3) is 0.885. The predicted octanol–water partition coefficient (Wildman–Crippen LogP) is 1.97. The fourth-order valence-corrected chi connectivity index (χ4v) is 6.04. The van der Waals surface area contributed by atoms with Crippen molar-refractivity contribution in [3.05, 3.63) is 0 Å². The number of unbranched alkanes of at least 4 members (excludes halogenated alkanes) is 2. The number of nitrogens with one attached hydrogen (secondary N) is 2. The summed E-state index contributed by atoms with van der Waals surface area (Å²) in [6, 6.07) is 0.660. The topological polar surface area (TPSA) is 125 Å². The monoisotopic (exact) mass is 561 g/mol. The number of hydrogen-bond acceptors (Lipinski definition) is 9. The second-order valence-electron chi connectivity index (χ2n) is 9.34. The number of thioether (sulfide) groups is 1. The van der Waals surface area contributed by atoms with Crippen LogP contribution in [0.1, 0.15) is 51.9 Å². The Morgan fingerprint density at radius 3 is 2.26 bits per heavy atom. The van der Waals surface area contributed by atoms with Crippen molar-refractivity contribution in [2.24, 2.45) is 0 Å². The van der Waals surface area contributed by atoms with E-state index in [2.05, 4.69) is 22.3 Å². The molecule has 0 aromatic rings. The first-order chi connectivity index (χ1) is 18.6. The Balaban J connectivity index is 1.35. The quantitative estimate of drug-likeness (QED) is 0.109. The van der Waals surface area contributed by atoms with Crippen molar-refractivity contribution in [3.63, 3.8) is 0 Å². The van der Waals surface area contributed by atoms with Gasteiger partial charge in [0.05, 0.1) is 78.5 Å². The third kappa shape index (κ3) is 13.0. The molecule has 0 saturated carbocycles. The van der Waals surface area contributed by atoms with Crippen LogP contribution >= 0.6 is 11.8 Å². The summed E-state index contributed by atoms with van der Waals surface area (Å²) in [5, 5.41) is 6.50. The maximum absolute atomic E-state index is 12.3. The summed E-state index contributed by atoms with van der Waals surface area (Å²) < 4.78 is 26.1. The molecule has 0 spiro atoms. The van der Waals surface area contributed by atoms with Crippen LogP contribution < -0.4 is 10.6 Å². The molecule has 2 fully saturated rings. The van der Waals surface area contributed by atoms with Gasteiger partial charge in [0.2, 0.25) is 5.91 Å². The first-order valence-corrected chi connectivity index (χ1v) is 14.9. The number of nitrogens with zero attached hydrogens (tertiary/aromatic N) is 1. The average Bonchev–Trinajstić information content (AvgIpc) is 3.45. The van der Waals surface area contributed by atoms with Gasteiger partial charge in [-0.2, -0.15) is 11.8 Å². The highest BCUT2D eigenvalue weighted by atomic mass is 32.2. The number of urea groups is 1. The number of ether oxygens (including phenoxy) is 5. The molecule has 12 heteroatoms. The Morgan fingerprint density at radius 2 is 1.61 bits per heavy atom. The zero-order valence-corrected chi connectivity index (χ0v) is 23.9. The molecule has 2 saturated heterocycles. The number of fused-ring (bicyclic) bond motifs is 1. The average molecular weight is 562 g/mol. The minimum absolute atomic E-state index is 0.0514. The summed E-state index contributed by atoms with van der Waals surface area (Å²) in [6.07, 6.45) is 5.76. The SMILES string of the molecule is CCCCN1C(=O)N[C@H]2CS[C@@H](CCCCC(=O)NCCOCCOCCOCCOCCC(=O)OC)[C@H]21. The van der Waals surface area contributed by atoms with Gasteiger partial charge in [0, 0.05) is 30.5 Å². The van der Waals surface area contributed by atoms with Gasteiger partial charge in [0.15, 0.2) is 0 Å². The lowest BCUT2D eigenvalue weighted by Gasteiger charge is -2.27. The van der Waals surface area contributed by atoms with Gasteiger partial charge in [0.25, 0.3) is 0 Å². The van der Waals surface area contributed by atoms with E-state index in [1.165, 1.54) is 7.11 Å². The van der Waals surface area contributed by atoms with E-state index in [-0.39, 0.29) is 30.4 Å². The lowest BCUT2D eigenvalue weighted by atomic mass is 10.0. The lowest BCUT2D eigenvalue weighted by Crippen LogP contribution is -2.41. The van der Waals surface area contributed by atoms with Crippen LogP contribution in [0.4, 0.5) is 4.79 Å². The first-order valence-electron chi connectivity index (χ1n) is 13.9. The molecule has 0 aliphatic carbocycles. The van der Waals surface area contributed by atoms with Crippen LogP contribution in [0.25, 0.3) is 0 Å². The van der Waals surface area contributed by atoms with Crippen molar-refractivity contribution in [1.29, 1.82) is 0 Å². The fourth-order valence-electron chi connectivity index (χ4n) is 4.44. The van der Waals surface area contributed by atoms with Crippen LogP contribution in [0, 0.1) is 0 Å². The molecule has 0 aromatic carbocycles. The maximum atomic E-state index is 12.3. The molecule has 0 radical (unpaired) electrons. The van der Waals surface area contributed by atoms with Crippen LogP contribution in [0.2, 0.25) is 0 Å². The Bertz CT molecular complexity index is 687. The number of rotatable bonds is 23. The molecular formula is C26H47N3O8S. The number of amides is 3. The molecule has 2 rings (SSSR count). The number of carbonyl (C=O) groups excluding carboxylic acids is 3. The summed E-state index contributed by atoms with van der Waals surface area (Å²) in [7, 11) is 1.35. The van der Waals surface area contributed by atoms with Gasteiger partial charge in [-0.15, -0.1) is 0 Å². The van der Waals surface area contributed by atoms with Gasteiger partial charge >= 0.3 is 12.0 Å². The smallest absolute Gasteiger partial charge is 0.318 e. The van der Waals surface area contributed by atoms with Crippen LogP contribution in [0.5, 0.6) is 0 Å². The first kappa shape index (κ1) is 32.6. The molecule has 0 unspecified atom stereocenters. The van der Waals surface area contributed by atoms with Gasteiger partial charge in [-0.05, 0) is 19.3 Å². The third-order valence-corrected chi connectivity index (χ3v) is 7.96. The molecule has 0 aromatic heterocycles.